The van der Waals surface area contributed by atoms with Gasteiger partial charge < -0.3 is 10.1 Å². The molecule has 2 fully saturated rings. The number of hydrogen-bond donors (Lipinski definition) is 1. The van der Waals surface area contributed by atoms with Crippen molar-refractivity contribution < 1.29 is 4.74 Å². The average Bonchev–Trinajstić information content (AvgIpc) is 2.64. The second kappa shape index (κ2) is 3.96. The first-order valence-corrected chi connectivity index (χ1v) is 7.04. The second-order valence-electron chi connectivity index (χ2n) is 7.67. The summed E-state index contributed by atoms with van der Waals surface area (Å²) in [5.41, 5.74) is 1.24. The van der Waals surface area contributed by atoms with Gasteiger partial charge in [-0.1, -0.05) is 20.8 Å². The van der Waals surface area contributed by atoms with Crippen LogP contribution in [0.3, 0.4) is 0 Å². The molecule has 17 heavy (non-hydrogen) atoms. The van der Waals surface area contributed by atoms with Gasteiger partial charge in [-0.15, -0.1) is 0 Å². The van der Waals surface area contributed by atoms with E-state index in [0.29, 0.717) is 16.7 Å². The standard InChI is InChI=1S/C15H29NO/c1-11-10-17-8-7-15(11)12(14(15,5)6)9-16-13(2,3)4/h11-12,16H,7-10H2,1-6H3. The summed E-state index contributed by atoms with van der Waals surface area (Å²) in [4.78, 5) is 0. The zero-order valence-corrected chi connectivity index (χ0v) is 12.4. The molecular weight excluding hydrogens is 210 g/mol. The Morgan fingerprint density at radius 3 is 2.47 bits per heavy atom. The third kappa shape index (κ3) is 2.04. The molecular formula is C15H29NO. The number of ether oxygens (including phenoxy) is 1. The predicted octanol–water partition coefficient (Wildman–Crippen LogP) is 3.07. The molecule has 1 aliphatic carbocycles. The van der Waals surface area contributed by atoms with Crippen LogP contribution in [0.4, 0.5) is 0 Å². The number of hydrogen-bond acceptors (Lipinski definition) is 2. The van der Waals surface area contributed by atoms with E-state index in [9.17, 15) is 0 Å². The van der Waals surface area contributed by atoms with Crippen molar-refractivity contribution in [1.82, 2.24) is 5.32 Å². The molecule has 0 aromatic rings. The molecule has 3 atom stereocenters. The van der Waals surface area contributed by atoms with E-state index in [-0.39, 0.29) is 5.54 Å². The van der Waals surface area contributed by atoms with Crippen molar-refractivity contribution in [3.8, 4) is 0 Å². The van der Waals surface area contributed by atoms with Crippen LogP contribution in [0.15, 0.2) is 0 Å². The van der Waals surface area contributed by atoms with Crippen molar-refractivity contribution in [2.45, 2.75) is 53.5 Å². The predicted molar refractivity (Wildman–Crippen MR) is 72.1 cm³/mol. The molecule has 1 heterocycles. The molecule has 1 N–H and O–H groups in total. The summed E-state index contributed by atoms with van der Waals surface area (Å²) in [6.07, 6.45) is 1.25. The number of rotatable bonds is 2. The van der Waals surface area contributed by atoms with Gasteiger partial charge in [0.2, 0.25) is 0 Å². The molecule has 1 saturated heterocycles. The van der Waals surface area contributed by atoms with Crippen molar-refractivity contribution in [2.75, 3.05) is 19.8 Å². The van der Waals surface area contributed by atoms with Crippen LogP contribution in [-0.4, -0.2) is 25.3 Å². The normalized spacial score (nSPS) is 40.6. The van der Waals surface area contributed by atoms with Crippen LogP contribution in [0.25, 0.3) is 0 Å². The van der Waals surface area contributed by atoms with Crippen molar-refractivity contribution in [2.24, 2.45) is 22.7 Å². The maximum Gasteiger partial charge on any atom is 0.0497 e. The van der Waals surface area contributed by atoms with Gasteiger partial charge in [0, 0.05) is 18.8 Å². The molecule has 0 amide bonds. The summed E-state index contributed by atoms with van der Waals surface area (Å²) in [6, 6.07) is 0. The van der Waals surface area contributed by atoms with E-state index in [2.05, 4.69) is 46.9 Å². The van der Waals surface area contributed by atoms with E-state index in [1.165, 1.54) is 6.42 Å². The fourth-order valence-corrected chi connectivity index (χ4v) is 4.22. The van der Waals surface area contributed by atoms with Crippen LogP contribution in [0.1, 0.15) is 48.0 Å². The zero-order chi connectivity index (χ0) is 12.9. The SMILES string of the molecule is CC1COCCC12C(CNC(C)(C)C)C2(C)C. The van der Waals surface area contributed by atoms with Crippen LogP contribution in [0.5, 0.6) is 0 Å². The molecule has 0 bridgehead atoms. The molecule has 2 rings (SSSR count). The van der Waals surface area contributed by atoms with E-state index in [0.717, 1.165) is 25.7 Å². The van der Waals surface area contributed by atoms with Gasteiger partial charge in [0.1, 0.15) is 0 Å². The Morgan fingerprint density at radius 2 is 1.94 bits per heavy atom. The third-order valence-electron chi connectivity index (χ3n) is 5.35. The Balaban J connectivity index is 2.04. The molecule has 2 nitrogen and oxygen atoms in total. The van der Waals surface area contributed by atoms with Crippen LogP contribution in [-0.2, 0) is 4.74 Å². The highest BCUT2D eigenvalue weighted by molar-refractivity contribution is 5.20. The van der Waals surface area contributed by atoms with E-state index < -0.39 is 0 Å². The highest BCUT2D eigenvalue weighted by Crippen LogP contribution is 2.74. The van der Waals surface area contributed by atoms with E-state index in [4.69, 9.17) is 4.74 Å². The largest absolute Gasteiger partial charge is 0.381 e. The molecule has 1 saturated carbocycles. The maximum atomic E-state index is 5.62. The number of nitrogens with one attached hydrogen (secondary N) is 1. The minimum absolute atomic E-state index is 0.230. The lowest BCUT2D eigenvalue weighted by molar-refractivity contribution is -0.00473. The van der Waals surface area contributed by atoms with Crippen LogP contribution in [0.2, 0.25) is 0 Å². The van der Waals surface area contributed by atoms with Crippen molar-refractivity contribution in [3.63, 3.8) is 0 Å². The van der Waals surface area contributed by atoms with Crippen molar-refractivity contribution in [3.05, 3.63) is 0 Å². The highest BCUT2D eigenvalue weighted by Gasteiger charge is 2.72. The third-order valence-corrected chi connectivity index (χ3v) is 5.35. The summed E-state index contributed by atoms with van der Waals surface area (Å²) in [6.45, 7) is 17.1. The first-order chi connectivity index (χ1) is 7.72. The second-order valence-corrected chi connectivity index (χ2v) is 7.67. The van der Waals surface area contributed by atoms with Crippen molar-refractivity contribution >= 4 is 0 Å². The Hall–Kier alpha value is -0.0800. The fraction of sp³-hybridized carbons (Fsp3) is 1.00. The Bertz CT molecular complexity index is 292. The van der Waals surface area contributed by atoms with Gasteiger partial charge in [0.15, 0.2) is 0 Å². The molecule has 1 spiro atoms. The highest BCUT2D eigenvalue weighted by atomic mass is 16.5. The van der Waals surface area contributed by atoms with Gasteiger partial charge in [-0.2, -0.15) is 0 Å². The molecule has 0 radical (unpaired) electrons. The lowest BCUT2D eigenvalue weighted by Gasteiger charge is -2.33. The molecule has 1 aliphatic heterocycles. The minimum Gasteiger partial charge on any atom is -0.381 e. The maximum absolute atomic E-state index is 5.62. The van der Waals surface area contributed by atoms with Gasteiger partial charge in [0.25, 0.3) is 0 Å². The van der Waals surface area contributed by atoms with Crippen LogP contribution < -0.4 is 5.32 Å². The molecule has 100 valence electrons. The topological polar surface area (TPSA) is 21.3 Å². The van der Waals surface area contributed by atoms with Gasteiger partial charge in [0.05, 0.1) is 0 Å². The van der Waals surface area contributed by atoms with E-state index >= 15 is 0 Å². The summed E-state index contributed by atoms with van der Waals surface area (Å²) in [7, 11) is 0. The van der Waals surface area contributed by atoms with Crippen LogP contribution in [0, 0.1) is 22.7 Å². The Morgan fingerprint density at radius 1 is 1.29 bits per heavy atom. The van der Waals surface area contributed by atoms with Gasteiger partial charge in [-0.3, -0.25) is 0 Å². The first kappa shape index (κ1) is 13.4. The average molecular weight is 239 g/mol. The zero-order valence-electron chi connectivity index (χ0n) is 12.4. The molecule has 3 unspecified atom stereocenters. The van der Waals surface area contributed by atoms with Gasteiger partial charge in [-0.05, 0) is 56.4 Å². The van der Waals surface area contributed by atoms with Crippen LogP contribution >= 0.6 is 0 Å². The van der Waals surface area contributed by atoms with Crippen molar-refractivity contribution in [1.29, 1.82) is 0 Å². The summed E-state index contributed by atoms with van der Waals surface area (Å²) in [5, 5.41) is 3.69. The van der Waals surface area contributed by atoms with E-state index in [1.54, 1.807) is 0 Å². The first-order valence-electron chi connectivity index (χ1n) is 7.04. The quantitative estimate of drug-likeness (QED) is 0.799. The molecule has 0 aromatic heterocycles. The van der Waals surface area contributed by atoms with Gasteiger partial charge in [-0.25, -0.2) is 0 Å². The molecule has 2 aliphatic rings. The van der Waals surface area contributed by atoms with E-state index in [1.807, 2.05) is 0 Å². The Kier molecular flexibility index (Phi) is 3.11. The fourth-order valence-electron chi connectivity index (χ4n) is 4.22. The summed E-state index contributed by atoms with van der Waals surface area (Å²) >= 11 is 0. The Labute approximate surface area is 107 Å². The minimum atomic E-state index is 0.230. The molecule has 0 aromatic carbocycles. The molecule has 2 heteroatoms. The lowest BCUT2D eigenvalue weighted by atomic mass is 9.79. The smallest absolute Gasteiger partial charge is 0.0497 e. The summed E-state index contributed by atoms with van der Waals surface area (Å²) in [5.74, 6) is 1.52. The van der Waals surface area contributed by atoms with Gasteiger partial charge >= 0.3 is 0 Å². The monoisotopic (exact) mass is 239 g/mol. The summed E-state index contributed by atoms with van der Waals surface area (Å²) < 4.78 is 5.62. The lowest BCUT2D eigenvalue weighted by Crippen LogP contribution is -2.39.